The molecule has 21 heavy (non-hydrogen) atoms. The van der Waals surface area contributed by atoms with E-state index in [1.165, 1.54) is 21.6 Å². The Morgan fingerprint density at radius 3 is 2.76 bits per heavy atom. The van der Waals surface area contributed by atoms with Gasteiger partial charge in [-0.15, -0.1) is 11.3 Å². The van der Waals surface area contributed by atoms with Crippen LogP contribution in [0.5, 0.6) is 0 Å². The molecule has 1 atom stereocenters. The summed E-state index contributed by atoms with van der Waals surface area (Å²) in [6.07, 6.45) is 2.54. The average molecular weight is 299 g/mol. The Labute approximate surface area is 130 Å². The van der Waals surface area contributed by atoms with Gasteiger partial charge < -0.3 is 4.90 Å². The zero-order valence-electron chi connectivity index (χ0n) is 12.6. The van der Waals surface area contributed by atoms with Gasteiger partial charge in [0.2, 0.25) is 5.91 Å². The summed E-state index contributed by atoms with van der Waals surface area (Å²) in [6, 6.07) is 10.9. The van der Waals surface area contributed by atoms with E-state index in [4.69, 9.17) is 0 Å². The Morgan fingerprint density at radius 2 is 2.05 bits per heavy atom. The first-order valence-corrected chi connectivity index (χ1v) is 8.51. The van der Waals surface area contributed by atoms with Crippen LogP contribution in [0.25, 0.3) is 0 Å². The summed E-state index contributed by atoms with van der Waals surface area (Å²) in [7, 11) is 0. The smallest absolute Gasteiger partial charge is 0.223 e. The molecule has 2 heterocycles. The highest BCUT2D eigenvalue weighted by molar-refractivity contribution is 7.10. The average Bonchev–Trinajstić information content (AvgIpc) is 2.96. The molecule has 0 N–H and O–H groups in total. The predicted octanol–water partition coefficient (Wildman–Crippen LogP) is 4.33. The van der Waals surface area contributed by atoms with Crippen molar-refractivity contribution < 1.29 is 4.79 Å². The van der Waals surface area contributed by atoms with E-state index in [2.05, 4.69) is 54.5 Å². The molecule has 3 rings (SSSR count). The summed E-state index contributed by atoms with van der Waals surface area (Å²) in [5.74, 6) is 0.278. The highest BCUT2D eigenvalue weighted by Gasteiger charge is 2.32. The molecule has 0 radical (unpaired) electrons. The van der Waals surface area contributed by atoms with Crippen LogP contribution in [0.15, 0.2) is 35.7 Å². The lowest BCUT2D eigenvalue weighted by molar-refractivity contribution is -0.133. The van der Waals surface area contributed by atoms with Crippen LogP contribution in [0.3, 0.4) is 0 Å². The quantitative estimate of drug-likeness (QED) is 0.826. The Morgan fingerprint density at radius 1 is 1.29 bits per heavy atom. The van der Waals surface area contributed by atoms with Crippen molar-refractivity contribution in [3.8, 4) is 0 Å². The molecule has 1 aliphatic rings. The molecular formula is C18H21NOS. The lowest BCUT2D eigenvalue weighted by atomic mass is 9.92. The van der Waals surface area contributed by atoms with Crippen LogP contribution in [-0.2, 0) is 11.2 Å². The summed E-state index contributed by atoms with van der Waals surface area (Å²) in [5.41, 5.74) is 3.80. The molecule has 0 aliphatic carbocycles. The standard InChI is InChI=1S/C18H21NOS/c1-3-4-17(20)19-11-9-16-15(10-12-21-16)18(19)14-7-5-13(2)6-8-14/h5-8,10,12,18H,3-4,9,11H2,1-2H3/t18-/m0/s1. The topological polar surface area (TPSA) is 20.3 Å². The molecular weight excluding hydrogens is 278 g/mol. The number of rotatable bonds is 3. The maximum absolute atomic E-state index is 12.5. The van der Waals surface area contributed by atoms with Gasteiger partial charge in [-0.1, -0.05) is 36.8 Å². The van der Waals surface area contributed by atoms with Crippen molar-refractivity contribution in [1.82, 2.24) is 4.90 Å². The number of benzene rings is 1. The lowest BCUT2D eigenvalue weighted by Crippen LogP contribution is -2.39. The van der Waals surface area contributed by atoms with E-state index >= 15 is 0 Å². The number of aryl methyl sites for hydroxylation is 1. The summed E-state index contributed by atoms with van der Waals surface area (Å²) in [4.78, 5) is 16.0. The molecule has 1 aromatic heterocycles. The van der Waals surface area contributed by atoms with E-state index in [0.717, 1.165) is 19.4 Å². The zero-order chi connectivity index (χ0) is 14.8. The van der Waals surface area contributed by atoms with E-state index in [-0.39, 0.29) is 11.9 Å². The van der Waals surface area contributed by atoms with Crippen molar-refractivity contribution in [3.05, 3.63) is 57.3 Å². The molecule has 1 aliphatic heterocycles. The minimum absolute atomic E-state index is 0.0969. The van der Waals surface area contributed by atoms with Crippen molar-refractivity contribution in [3.63, 3.8) is 0 Å². The third-order valence-electron chi connectivity index (χ3n) is 4.14. The number of hydrogen-bond acceptors (Lipinski definition) is 2. The van der Waals surface area contributed by atoms with Crippen molar-refractivity contribution in [2.45, 2.75) is 39.2 Å². The van der Waals surface area contributed by atoms with Gasteiger partial charge >= 0.3 is 0 Å². The fraction of sp³-hybridized carbons (Fsp3) is 0.389. The maximum Gasteiger partial charge on any atom is 0.223 e. The summed E-state index contributed by atoms with van der Waals surface area (Å²) in [6.45, 7) is 5.00. The SMILES string of the molecule is CCCC(=O)N1CCc2sccc2[C@@H]1c1ccc(C)cc1. The van der Waals surface area contributed by atoms with E-state index in [0.29, 0.717) is 6.42 Å². The Hall–Kier alpha value is -1.61. The first-order valence-electron chi connectivity index (χ1n) is 7.63. The summed E-state index contributed by atoms with van der Waals surface area (Å²) < 4.78 is 0. The summed E-state index contributed by atoms with van der Waals surface area (Å²) >= 11 is 1.82. The molecule has 110 valence electrons. The van der Waals surface area contributed by atoms with E-state index in [9.17, 15) is 4.79 Å². The normalized spacial score (nSPS) is 17.6. The van der Waals surface area contributed by atoms with E-state index in [1.54, 1.807) is 0 Å². The molecule has 2 nitrogen and oxygen atoms in total. The fourth-order valence-electron chi connectivity index (χ4n) is 3.05. The van der Waals surface area contributed by atoms with Gasteiger partial charge in [-0.25, -0.2) is 0 Å². The van der Waals surface area contributed by atoms with Crippen molar-refractivity contribution in [2.75, 3.05) is 6.54 Å². The first-order chi connectivity index (χ1) is 10.2. The second-order valence-corrected chi connectivity index (χ2v) is 6.70. The highest BCUT2D eigenvalue weighted by Crippen LogP contribution is 2.38. The fourth-order valence-corrected chi connectivity index (χ4v) is 3.95. The van der Waals surface area contributed by atoms with Gasteiger partial charge in [0.1, 0.15) is 0 Å². The van der Waals surface area contributed by atoms with Gasteiger partial charge in [0.25, 0.3) is 0 Å². The van der Waals surface area contributed by atoms with Gasteiger partial charge in [0, 0.05) is 17.8 Å². The van der Waals surface area contributed by atoms with Crippen LogP contribution in [0.4, 0.5) is 0 Å². The maximum atomic E-state index is 12.5. The molecule has 0 fully saturated rings. The monoisotopic (exact) mass is 299 g/mol. The van der Waals surface area contributed by atoms with Crippen LogP contribution in [0, 0.1) is 6.92 Å². The molecule has 0 spiro atoms. The van der Waals surface area contributed by atoms with Crippen molar-refractivity contribution in [1.29, 1.82) is 0 Å². The van der Waals surface area contributed by atoms with Gasteiger partial charge in [-0.2, -0.15) is 0 Å². The second-order valence-electron chi connectivity index (χ2n) is 5.70. The number of hydrogen-bond donors (Lipinski definition) is 0. The first kappa shape index (κ1) is 14.3. The van der Waals surface area contributed by atoms with Crippen LogP contribution < -0.4 is 0 Å². The molecule has 0 saturated heterocycles. The largest absolute Gasteiger partial charge is 0.331 e. The lowest BCUT2D eigenvalue weighted by Gasteiger charge is -2.36. The molecule has 0 bridgehead atoms. The molecule has 3 heteroatoms. The number of fused-ring (bicyclic) bond motifs is 1. The Kier molecular flexibility index (Phi) is 4.11. The number of nitrogens with zero attached hydrogens (tertiary/aromatic N) is 1. The molecule has 2 aromatic rings. The highest BCUT2D eigenvalue weighted by atomic mass is 32.1. The van der Waals surface area contributed by atoms with Gasteiger partial charge in [-0.3, -0.25) is 4.79 Å². The summed E-state index contributed by atoms with van der Waals surface area (Å²) in [5, 5.41) is 2.15. The van der Waals surface area contributed by atoms with Gasteiger partial charge in [0.05, 0.1) is 6.04 Å². The molecule has 0 saturated carbocycles. The van der Waals surface area contributed by atoms with Gasteiger partial charge in [-0.05, 0) is 42.3 Å². The molecule has 1 aromatic carbocycles. The Balaban J connectivity index is 2.01. The predicted molar refractivity (Wildman–Crippen MR) is 87.7 cm³/mol. The van der Waals surface area contributed by atoms with Crippen LogP contribution in [0.2, 0.25) is 0 Å². The Bertz CT molecular complexity index is 629. The zero-order valence-corrected chi connectivity index (χ0v) is 13.5. The van der Waals surface area contributed by atoms with E-state index < -0.39 is 0 Å². The van der Waals surface area contributed by atoms with Crippen LogP contribution in [-0.4, -0.2) is 17.4 Å². The third-order valence-corrected chi connectivity index (χ3v) is 5.14. The van der Waals surface area contributed by atoms with Crippen LogP contribution in [0.1, 0.15) is 47.4 Å². The van der Waals surface area contributed by atoms with Gasteiger partial charge in [0.15, 0.2) is 0 Å². The molecule has 0 unspecified atom stereocenters. The number of thiophene rings is 1. The molecule has 1 amide bonds. The third kappa shape index (κ3) is 2.75. The van der Waals surface area contributed by atoms with Crippen LogP contribution >= 0.6 is 11.3 Å². The number of amides is 1. The number of carbonyl (C=O) groups is 1. The van der Waals surface area contributed by atoms with E-state index in [1.807, 2.05) is 11.3 Å². The van der Waals surface area contributed by atoms with Crippen molar-refractivity contribution >= 4 is 17.2 Å². The second kappa shape index (κ2) is 6.02. The minimum Gasteiger partial charge on any atom is -0.331 e. The van der Waals surface area contributed by atoms with Crippen molar-refractivity contribution in [2.24, 2.45) is 0 Å². The number of carbonyl (C=O) groups excluding carboxylic acids is 1. The minimum atomic E-state index is 0.0969.